The van der Waals surface area contributed by atoms with Gasteiger partial charge in [0.15, 0.2) is 5.13 Å². The Balaban J connectivity index is 1.40. The van der Waals surface area contributed by atoms with Gasteiger partial charge in [0.1, 0.15) is 0 Å². The predicted molar refractivity (Wildman–Crippen MR) is 121 cm³/mol. The second kappa shape index (κ2) is 11.2. The molecule has 1 aliphatic heterocycles. The van der Waals surface area contributed by atoms with Gasteiger partial charge in [0.05, 0.1) is 13.1 Å². The molecular formula is C21H26ClN5O2S. The van der Waals surface area contributed by atoms with Gasteiger partial charge in [0.2, 0.25) is 11.8 Å². The standard InChI is InChI=1S/C21H26ClN5O2S/c1-2-7-23-19(28)14-26-8-10-27(11-9-26)15-20(29)25-21-24-13-17(30-21)12-16-5-3-4-6-18(16)22/h2-6,13H,1,7-12,14-15H2,(H,23,28)(H,24,25,29). The Morgan fingerprint density at radius 3 is 2.47 bits per heavy atom. The van der Waals surface area contributed by atoms with Crippen LogP contribution in [0, 0.1) is 0 Å². The molecule has 1 aromatic heterocycles. The van der Waals surface area contributed by atoms with E-state index in [4.69, 9.17) is 11.6 Å². The lowest BCUT2D eigenvalue weighted by molar-refractivity contribution is -0.123. The molecule has 0 bridgehead atoms. The van der Waals surface area contributed by atoms with Crippen LogP contribution in [-0.2, 0) is 16.0 Å². The molecule has 0 atom stereocenters. The summed E-state index contributed by atoms with van der Waals surface area (Å²) in [5, 5.41) is 6.99. The minimum absolute atomic E-state index is 0.00235. The summed E-state index contributed by atoms with van der Waals surface area (Å²) in [6.07, 6.45) is 4.13. The number of amides is 2. The summed E-state index contributed by atoms with van der Waals surface area (Å²) in [6, 6.07) is 7.72. The van der Waals surface area contributed by atoms with Crippen molar-refractivity contribution in [3.8, 4) is 0 Å². The van der Waals surface area contributed by atoms with Crippen molar-refractivity contribution in [2.24, 2.45) is 0 Å². The quantitative estimate of drug-likeness (QED) is 0.576. The third kappa shape index (κ3) is 6.91. The van der Waals surface area contributed by atoms with E-state index in [-0.39, 0.29) is 11.8 Å². The zero-order valence-electron chi connectivity index (χ0n) is 16.8. The van der Waals surface area contributed by atoms with E-state index in [1.807, 2.05) is 24.3 Å². The van der Waals surface area contributed by atoms with Crippen LogP contribution in [-0.4, -0.2) is 72.4 Å². The van der Waals surface area contributed by atoms with Crippen LogP contribution in [0.15, 0.2) is 43.1 Å². The fourth-order valence-electron chi connectivity index (χ4n) is 3.19. The first kappa shape index (κ1) is 22.4. The Labute approximate surface area is 185 Å². The first-order chi connectivity index (χ1) is 14.5. The second-order valence-electron chi connectivity index (χ2n) is 7.09. The third-order valence-electron chi connectivity index (χ3n) is 4.77. The number of piperazine rings is 1. The van der Waals surface area contributed by atoms with E-state index in [0.717, 1.165) is 41.6 Å². The summed E-state index contributed by atoms with van der Waals surface area (Å²) in [4.78, 5) is 33.7. The van der Waals surface area contributed by atoms with E-state index < -0.39 is 0 Å². The molecule has 9 heteroatoms. The zero-order chi connectivity index (χ0) is 21.3. The van der Waals surface area contributed by atoms with Gasteiger partial charge in [0, 0.05) is 55.2 Å². The normalized spacial score (nSPS) is 15.0. The number of benzene rings is 1. The molecular weight excluding hydrogens is 422 g/mol. The summed E-state index contributed by atoms with van der Waals surface area (Å²) < 4.78 is 0. The van der Waals surface area contributed by atoms with Crippen LogP contribution < -0.4 is 10.6 Å². The average Bonchev–Trinajstić information content (AvgIpc) is 3.16. The van der Waals surface area contributed by atoms with Crippen molar-refractivity contribution in [3.05, 3.63) is 58.6 Å². The van der Waals surface area contributed by atoms with Crippen molar-refractivity contribution >= 4 is 39.9 Å². The number of aromatic nitrogens is 1. The Hall–Kier alpha value is -2.26. The summed E-state index contributed by atoms with van der Waals surface area (Å²) in [7, 11) is 0. The minimum atomic E-state index is -0.0779. The smallest absolute Gasteiger partial charge is 0.240 e. The molecule has 2 amide bonds. The molecule has 2 heterocycles. The van der Waals surface area contributed by atoms with Gasteiger partial charge >= 0.3 is 0 Å². The first-order valence-corrected chi connectivity index (χ1v) is 11.0. The van der Waals surface area contributed by atoms with E-state index in [2.05, 4.69) is 32.0 Å². The van der Waals surface area contributed by atoms with Crippen LogP contribution in [0.2, 0.25) is 5.02 Å². The molecule has 1 fully saturated rings. The Morgan fingerprint density at radius 2 is 1.80 bits per heavy atom. The lowest BCUT2D eigenvalue weighted by Crippen LogP contribution is -2.51. The molecule has 0 saturated carbocycles. The van der Waals surface area contributed by atoms with E-state index in [0.29, 0.717) is 31.2 Å². The van der Waals surface area contributed by atoms with E-state index in [1.165, 1.54) is 11.3 Å². The molecule has 30 heavy (non-hydrogen) atoms. The molecule has 1 aromatic carbocycles. The average molecular weight is 448 g/mol. The van der Waals surface area contributed by atoms with Gasteiger partial charge in [-0.2, -0.15) is 0 Å². The summed E-state index contributed by atoms with van der Waals surface area (Å²) >= 11 is 7.67. The molecule has 0 aliphatic carbocycles. The van der Waals surface area contributed by atoms with Gasteiger partial charge in [-0.25, -0.2) is 4.98 Å². The van der Waals surface area contributed by atoms with E-state index >= 15 is 0 Å². The zero-order valence-corrected chi connectivity index (χ0v) is 18.3. The molecule has 7 nitrogen and oxygen atoms in total. The second-order valence-corrected chi connectivity index (χ2v) is 8.62. The number of carbonyl (C=O) groups excluding carboxylic acids is 2. The van der Waals surface area contributed by atoms with Crippen LogP contribution in [0.1, 0.15) is 10.4 Å². The number of hydrogen-bond donors (Lipinski definition) is 2. The number of nitrogens with zero attached hydrogens (tertiary/aromatic N) is 3. The number of anilines is 1. The topological polar surface area (TPSA) is 77.6 Å². The van der Waals surface area contributed by atoms with Gasteiger partial charge in [-0.15, -0.1) is 17.9 Å². The highest BCUT2D eigenvalue weighted by Crippen LogP contribution is 2.24. The van der Waals surface area contributed by atoms with Crippen molar-refractivity contribution < 1.29 is 9.59 Å². The fraction of sp³-hybridized carbons (Fsp3) is 0.381. The third-order valence-corrected chi connectivity index (χ3v) is 6.05. The Kier molecular flexibility index (Phi) is 8.39. The first-order valence-electron chi connectivity index (χ1n) is 9.83. The number of rotatable bonds is 9. The van der Waals surface area contributed by atoms with Crippen LogP contribution in [0.3, 0.4) is 0 Å². The molecule has 3 rings (SSSR count). The van der Waals surface area contributed by atoms with Gasteiger partial charge in [-0.3, -0.25) is 19.4 Å². The Bertz CT molecular complexity index is 880. The molecule has 0 spiro atoms. The van der Waals surface area contributed by atoms with Gasteiger partial charge in [-0.05, 0) is 11.6 Å². The van der Waals surface area contributed by atoms with E-state index in [1.54, 1.807) is 12.3 Å². The molecule has 1 saturated heterocycles. The maximum absolute atomic E-state index is 12.4. The lowest BCUT2D eigenvalue weighted by Gasteiger charge is -2.33. The van der Waals surface area contributed by atoms with E-state index in [9.17, 15) is 9.59 Å². The highest BCUT2D eigenvalue weighted by atomic mass is 35.5. The molecule has 2 aromatic rings. The molecule has 0 unspecified atom stereocenters. The lowest BCUT2D eigenvalue weighted by atomic mass is 10.1. The molecule has 2 N–H and O–H groups in total. The van der Waals surface area contributed by atoms with Crippen molar-refractivity contribution in [1.29, 1.82) is 0 Å². The van der Waals surface area contributed by atoms with Gasteiger partial charge in [-0.1, -0.05) is 35.9 Å². The van der Waals surface area contributed by atoms with Crippen LogP contribution >= 0.6 is 22.9 Å². The van der Waals surface area contributed by atoms with Crippen molar-refractivity contribution in [1.82, 2.24) is 20.1 Å². The van der Waals surface area contributed by atoms with Crippen molar-refractivity contribution in [2.45, 2.75) is 6.42 Å². The summed E-state index contributed by atoms with van der Waals surface area (Å²) in [5.41, 5.74) is 1.04. The predicted octanol–water partition coefficient (Wildman–Crippen LogP) is 2.25. The molecule has 160 valence electrons. The molecule has 0 radical (unpaired) electrons. The summed E-state index contributed by atoms with van der Waals surface area (Å²) in [6.45, 7) is 7.77. The van der Waals surface area contributed by atoms with Crippen LogP contribution in [0.25, 0.3) is 0 Å². The number of thiazole rings is 1. The summed E-state index contributed by atoms with van der Waals surface area (Å²) in [5.74, 6) is -0.0803. The minimum Gasteiger partial charge on any atom is -0.352 e. The fourth-order valence-corrected chi connectivity index (χ4v) is 4.24. The monoisotopic (exact) mass is 447 g/mol. The SMILES string of the molecule is C=CCNC(=O)CN1CCN(CC(=O)Nc2ncc(Cc3ccccc3Cl)s2)CC1. The Morgan fingerprint density at radius 1 is 1.13 bits per heavy atom. The number of carbonyl (C=O) groups is 2. The van der Waals surface area contributed by atoms with Crippen molar-refractivity contribution in [3.63, 3.8) is 0 Å². The maximum atomic E-state index is 12.4. The van der Waals surface area contributed by atoms with Gasteiger partial charge in [0.25, 0.3) is 0 Å². The highest BCUT2D eigenvalue weighted by molar-refractivity contribution is 7.15. The van der Waals surface area contributed by atoms with Gasteiger partial charge < -0.3 is 10.6 Å². The number of halogens is 1. The van der Waals surface area contributed by atoms with Crippen molar-refractivity contribution in [2.75, 3.05) is 51.1 Å². The number of hydrogen-bond acceptors (Lipinski definition) is 6. The molecule has 1 aliphatic rings. The highest BCUT2D eigenvalue weighted by Gasteiger charge is 2.20. The van der Waals surface area contributed by atoms with Crippen LogP contribution in [0.4, 0.5) is 5.13 Å². The number of nitrogens with one attached hydrogen (secondary N) is 2. The maximum Gasteiger partial charge on any atom is 0.240 e. The van der Waals surface area contributed by atoms with Crippen LogP contribution in [0.5, 0.6) is 0 Å². The largest absolute Gasteiger partial charge is 0.352 e.